The molecule has 0 saturated heterocycles. The number of ether oxygens (including phenoxy) is 2. The van der Waals surface area contributed by atoms with E-state index in [1.807, 2.05) is 32.9 Å². The molecule has 0 saturated carbocycles. The minimum Gasteiger partial charge on any atom is -0.497 e. The molecule has 0 aliphatic rings. The van der Waals surface area contributed by atoms with Crippen molar-refractivity contribution in [3.63, 3.8) is 0 Å². The van der Waals surface area contributed by atoms with Gasteiger partial charge < -0.3 is 14.8 Å². The van der Waals surface area contributed by atoms with E-state index in [0.29, 0.717) is 5.71 Å². The van der Waals surface area contributed by atoms with Crippen molar-refractivity contribution < 1.29 is 19.1 Å². The molecule has 0 unspecified atom stereocenters. The molecule has 0 aliphatic heterocycles. The molecule has 0 aromatic heterocycles. The summed E-state index contributed by atoms with van der Waals surface area (Å²) in [7, 11) is 1.59. The Bertz CT molecular complexity index is 882. The third-order valence-electron chi connectivity index (χ3n) is 4.22. The molecule has 2 N–H and O–H groups in total. The van der Waals surface area contributed by atoms with Gasteiger partial charge in [-0.1, -0.05) is 29.8 Å². The van der Waals surface area contributed by atoms with Crippen molar-refractivity contribution in [2.45, 2.75) is 40.7 Å². The fraction of sp³-hybridized carbons (Fsp3) is 0.318. The number of rotatable bonds is 7. The largest absolute Gasteiger partial charge is 0.497 e. The average Bonchev–Trinajstić information content (AvgIpc) is 2.68. The van der Waals surface area contributed by atoms with Crippen molar-refractivity contribution in [1.29, 1.82) is 0 Å². The van der Waals surface area contributed by atoms with E-state index in [2.05, 4.69) is 15.8 Å². The van der Waals surface area contributed by atoms with Gasteiger partial charge in [-0.2, -0.15) is 5.10 Å². The topological polar surface area (TPSA) is 89.0 Å². The smallest absolute Gasteiger partial charge is 0.428 e. The number of benzene rings is 2. The number of anilines is 1. The van der Waals surface area contributed by atoms with Gasteiger partial charge in [-0.3, -0.25) is 4.79 Å². The number of carbonyl (C=O) groups is 2. The minimum atomic E-state index is -0.689. The van der Waals surface area contributed by atoms with Crippen LogP contribution in [0.4, 0.5) is 10.5 Å². The van der Waals surface area contributed by atoms with Crippen LogP contribution in [0.2, 0.25) is 0 Å². The Balaban J connectivity index is 1.81. The summed E-state index contributed by atoms with van der Waals surface area (Å²) < 4.78 is 10.2. The Morgan fingerprint density at radius 1 is 1.03 bits per heavy atom. The number of nitrogens with zero attached hydrogens (tertiary/aromatic N) is 1. The van der Waals surface area contributed by atoms with Gasteiger partial charge in [0, 0.05) is 11.4 Å². The SMILES string of the molecule is COc1ccc(COC(=O)N/N=C(/C)CC(=O)Nc2c(C)cc(C)cc2C)cc1. The van der Waals surface area contributed by atoms with Crippen LogP contribution in [-0.4, -0.2) is 24.8 Å². The molecule has 0 atom stereocenters. The summed E-state index contributed by atoms with van der Waals surface area (Å²) in [6.07, 6.45) is -0.628. The van der Waals surface area contributed by atoms with Gasteiger partial charge in [0.05, 0.1) is 13.5 Å². The normalized spacial score (nSPS) is 11.0. The average molecular weight is 397 g/mol. The quantitative estimate of drug-likeness (QED) is 0.540. The van der Waals surface area contributed by atoms with Crippen LogP contribution in [0.3, 0.4) is 0 Å². The van der Waals surface area contributed by atoms with Crippen LogP contribution in [0.5, 0.6) is 5.75 Å². The van der Waals surface area contributed by atoms with Gasteiger partial charge in [-0.15, -0.1) is 0 Å². The number of methoxy groups -OCH3 is 1. The Hall–Kier alpha value is -3.35. The summed E-state index contributed by atoms with van der Waals surface area (Å²) in [6.45, 7) is 7.70. The number of nitrogens with one attached hydrogen (secondary N) is 2. The first kappa shape index (κ1) is 21.9. The number of hydrazone groups is 1. The summed E-state index contributed by atoms with van der Waals surface area (Å²) in [5.74, 6) is 0.530. The van der Waals surface area contributed by atoms with Crippen LogP contribution in [0.1, 0.15) is 35.6 Å². The third-order valence-corrected chi connectivity index (χ3v) is 4.22. The molecule has 0 aliphatic carbocycles. The summed E-state index contributed by atoms with van der Waals surface area (Å²) in [4.78, 5) is 24.1. The van der Waals surface area contributed by atoms with Gasteiger partial charge in [0.25, 0.3) is 0 Å². The lowest BCUT2D eigenvalue weighted by atomic mass is 10.0. The van der Waals surface area contributed by atoms with E-state index in [1.54, 1.807) is 38.3 Å². The summed E-state index contributed by atoms with van der Waals surface area (Å²) in [5, 5.41) is 6.82. The Morgan fingerprint density at radius 3 is 2.24 bits per heavy atom. The van der Waals surface area contributed by atoms with E-state index in [-0.39, 0.29) is 18.9 Å². The molecule has 7 heteroatoms. The third kappa shape index (κ3) is 6.95. The van der Waals surface area contributed by atoms with Gasteiger partial charge in [0.15, 0.2) is 0 Å². The van der Waals surface area contributed by atoms with E-state index in [9.17, 15) is 9.59 Å². The molecule has 0 radical (unpaired) electrons. The second kappa shape index (κ2) is 10.3. The first-order valence-electron chi connectivity index (χ1n) is 9.25. The van der Waals surface area contributed by atoms with Gasteiger partial charge in [-0.25, -0.2) is 10.2 Å². The zero-order valence-electron chi connectivity index (χ0n) is 17.5. The Morgan fingerprint density at radius 2 is 1.66 bits per heavy atom. The highest BCUT2D eigenvalue weighted by Gasteiger charge is 2.10. The lowest BCUT2D eigenvalue weighted by molar-refractivity contribution is -0.115. The molecule has 0 spiro atoms. The standard InChI is InChI=1S/C22H27N3O4/c1-14-10-15(2)21(16(3)11-14)23-20(26)12-17(4)24-25-22(27)29-13-18-6-8-19(28-5)9-7-18/h6-11H,12-13H2,1-5H3,(H,23,26)(H,25,27)/b24-17-. The summed E-state index contributed by atoms with van der Waals surface area (Å²) in [6, 6.07) is 11.2. The van der Waals surface area contributed by atoms with E-state index < -0.39 is 6.09 Å². The monoisotopic (exact) mass is 397 g/mol. The van der Waals surface area contributed by atoms with Gasteiger partial charge in [0.1, 0.15) is 12.4 Å². The number of amides is 2. The van der Waals surface area contributed by atoms with E-state index in [4.69, 9.17) is 9.47 Å². The zero-order valence-corrected chi connectivity index (χ0v) is 17.5. The van der Waals surface area contributed by atoms with Crippen LogP contribution in [-0.2, 0) is 16.1 Å². The van der Waals surface area contributed by atoms with Crippen molar-refractivity contribution in [3.05, 3.63) is 58.7 Å². The molecule has 0 fully saturated rings. The predicted molar refractivity (Wildman–Crippen MR) is 113 cm³/mol. The van der Waals surface area contributed by atoms with Crippen LogP contribution in [0, 0.1) is 20.8 Å². The first-order chi connectivity index (χ1) is 13.8. The van der Waals surface area contributed by atoms with E-state index >= 15 is 0 Å². The molecular formula is C22H27N3O4. The number of aryl methyl sites for hydroxylation is 3. The fourth-order valence-electron chi connectivity index (χ4n) is 2.88. The van der Waals surface area contributed by atoms with Crippen molar-refractivity contribution >= 4 is 23.4 Å². The molecule has 154 valence electrons. The van der Waals surface area contributed by atoms with Crippen LogP contribution < -0.4 is 15.5 Å². The molecular weight excluding hydrogens is 370 g/mol. The van der Waals surface area contributed by atoms with Crippen molar-refractivity contribution in [1.82, 2.24) is 5.43 Å². The summed E-state index contributed by atoms with van der Waals surface area (Å²) in [5.41, 5.74) is 7.55. The molecule has 2 amide bonds. The van der Waals surface area contributed by atoms with Crippen LogP contribution in [0.15, 0.2) is 41.5 Å². The molecule has 0 heterocycles. The molecule has 0 bridgehead atoms. The second-order valence-electron chi connectivity index (χ2n) is 6.88. The molecule has 2 aromatic carbocycles. The maximum Gasteiger partial charge on any atom is 0.428 e. The summed E-state index contributed by atoms with van der Waals surface area (Å²) >= 11 is 0. The first-order valence-corrected chi connectivity index (χ1v) is 9.25. The van der Waals surface area contributed by atoms with Crippen LogP contribution >= 0.6 is 0 Å². The lowest BCUT2D eigenvalue weighted by Crippen LogP contribution is -2.22. The number of carbonyl (C=O) groups excluding carboxylic acids is 2. The highest BCUT2D eigenvalue weighted by Crippen LogP contribution is 2.22. The van der Waals surface area contributed by atoms with E-state index in [1.165, 1.54) is 0 Å². The zero-order chi connectivity index (χ0) is 21.4. The molecule has 2 aromatic rings. The van der Waals surface area contributed by atoms with E-state index in [0.717, 1.165) is 33.7 Å². The second-order valence-corrected chi connectivity index (χ2v) is 6.88. The van der Waals surface area contributed by atoms with Crippen molar-refractivity contribution in [2.75, 3.05) is 12.4 Å². The van der Waals surface area contributed by atoms with Gasteiger partial charge in [-0.05, 0) is 56.5 Å². The Labute approximate surface area is 171 Å². The molecule has 7 nitrogen and oxygen atoms in total. The van der Waals surface area contributed by atoms with Crippen LogP contribution in [0.25, 0.3) is 0 Å². The highest BCUT2D eigenvalue weighted by atomic mass is 16.6. The van der Waals surface area contributed by atoms with Gasteiger partial charge >= 0.3 is 6.09 Å². The maximum absolute atomic E-state index is 12.3. The van der Waals surface area contributed by atoms with Gasteiger partial charge in [0.2, 0.25) is 5.91 Å². The maximum atomic E-state index is 12.3. The predicted octanol–water partition coefficient (Wildman–Crippen LogP) is 4.25. The molecule has 2 rings (SSSR count). The lowest BCUT2D eigenvalue weighted by Gasteiger charge is -2.12. The van der Waals surface area contributed by atoms with Crippen molar-refractivity contribution in [2.24, 2.45) is 5.10 Å². The minimum absolute atomic E-state index is 0.0610. The molecule has 29 heavy (non-hydrogen) atoms. The fourth-order valence-corrected chi connectivity index (χ4v) is 2.88. The van der Waals surface area contributed by atoms with Crippen molar-refractivity contribution in [3.8, 4) is 5.75 Å². The Kier molecular flexibility index (Phi) is 7.77. The highest BCUT2D eigenvalue weighted by molar-refractivity contribution is 6.06. The number of hydrogen-bond donors (Lipinski definition) is 2. The number of hydrogen-bond acceptors (Lipinski definition) is 5.